The van der Waals surface area contributed by atoms with E-state index in [9.17, 15) is 0 Å². The molecule has 0 aliphatic carbocycles. The van der Waals surface area contributed by atoms with Crippen molar-refractivity contribution in [2.24, 2.45) is 0 Å². The van der Waals surface area contributed by atoms with Gasteiger partial charge in [0.1, 0.15) is 16.6 Å². The summed E-state index contributed by atoms with van der Waals surface area (Å²) in [5.74, 6) is 1.68. The van der Waals surface area contributed by atoms with Gasteiger partial charge in [-0.05, 0) is 13.8 Å². The van der Waals surface area contributed by atoms with Crippen molar-refractivity contribution in [2.75, 3.05) is 22.9 Å². The zero-order chi connectivity index (χ0) is 13.0. The standard InChI is InChI=1S/C11H16N6S/c1-3-13-8-4-9(17-11(12)16-8)14-6-10-15-5-7(2)18-10/h4-5H,3,6H2,1-2H3,(H4,12,13,14,16,17). The molecule has 0 saturated heterocycles. The van der Waals surface area contributed by atoms with E-state index < -0.39 is 0 Å². The van der Waals surface area contributed by atoms with Crippen LogP contribution in [-0.2, 0) is 6.54 Å². The van der Waals surface area contributed by atoms with Gasteiger partial charge in [-0.15, -0.1) is 11.3 Å². The summed E-state index contributed by atoms with van der Waals surface area (Å²) in [4.78, 5) is 13.7. The molecule has 18 heavy (non-hydrogen) atoms. The molecule has 0 aliphatic heterocycles. The molecule has 0 amide bonds. The number of nitrogens with one attached hydrogen (secondary N) is 2. The average Bonchev–Trinajstić information content (AvgIpc) is 2.72. The summed E-state index contributed by atoms with van der Waals surface area (Å²) < 4.78 is 0. The van der Waals surface area contributed by atoms with Crippen molar-refractivity contribution < 1.29 is 0 Å². The Morgan fingerprint density at radius 3 is 2.61 bits per heavy atom. The van der Waals surface area contributed by atoms with E-state index in [1.54, 1.807) is 11.3 Å². The lowest BCUT2D eigenvalue weighted by atomic mass is 10.5. The summed E-state index contributed by atoms with van der Waals surface area (Å²) in [5.41, 5.74) is 5.65. The fourth-order valence-corrected chi connectivity index (χ4v) is 2.20. The molecule has 0 fully saturated rings. The van der Waals surface area contributed by atoms with Gasteiger partial charge in [-0.2, -0.15) is 9.97 Å². The van der Waals surface area contributed by atoms with Crippen LogP contribution < -0.4 is 16.4 Å². The zero-order valence-electron chi connectivity index (χ0n) is 10.4. The Labute approximate surface area is 110 Å². The number of nitrogen functional groups attached to an aromatic ring is 1. The lowest BCUT2D eigenvalue weighted by Crippen LogP contribution is -2.07. The molecule has 0 aromatic carbocycles. The van der Waals surface area contributed by atoms with Crippen LogP contribution in [-0.4, -0.2) is 21.5 Å². The van der Waals surface area contributed by atoms with E-state index in [2.05, 4.69) is 25.6 Å². The molecule has 4 N–H and O–H groups in total. The molecule has 0 bridgehead atoms. The predicted molar refractivity (Wildman–Crippen MR) is 74.8 cm³/mol. The van der Waals surface area contributed by atoms with Gasteiger partial charge in [0, 0.05) is 23.7 Å². The molecule has 0 radical (unpaired) electrons. The molecule has 0 spiro atoms. The minimum Gasteiger partial charge on any atom is -0.370 e. The van der Waals surface area contributed by atoms with E-state index in [0.29, 0.717) is 12.4 Å². The molecule has 2 aromatic heterocycles. The third-order valence-electron chi connectivity index (χ3n) is 2.19. The third kappa shape index (κ3) is 3.30. The minimum atomic E-state index is 0.256. The third-order valence-corrected chi connectivity index (χ3v) is 3.10. The number of anilines is 3. The van der Waals surface area contributed by atoms with Crippen LogP contribution in [0.5, 0.6) is 0 Å². The van der Waals surface area contributed by atoms with Gasteiger partial charge < -0.3 is 16.4 Å². The van der Waals surface area contributed by atoms with Crippen molar-refractivity contribution in [1.29, 1.82) is 0 Å². The Bertz CT molecular complexity index is 524. The van der Waals surface area contributed by atoms with E-state index in [1.807, 2.05) is 26.1 Å². The van der Waals surface area contributed by atoms with Gasteiger partial charge in [-0.3, -0.25) is 0 Å². The van der Waals surface area contributed by atoms with Crippen LogP contribution in [0, 0.1) is 6.92 Å². The topological polar surface area (TPSA) is 88.8 Å². The van der Waals surface area contributed by atoms with E-state index in [0.717, 1.165) is 17.4 Å². The highest BCUT2D eigenvalue weighted by Gasteiger charge is 2.03. The molecule has 7 heteroatoms. The van der Waals surface area contributed by atoms with Crippen molar-refractivity contribution >= 4 is 28.9 Å². The molecule has 2 heterocycles. The van der Waals surface area contributed by atoms with Crippen LogP contribution in [0.25, 0.3) is 0 Å². The first kappa shape index (κ1) is 12.6. The van der Waals surface area contributed by atoms with Crippen molar-refractivity contribution in [3.63, 3.8) is 0 Å². The Balaban J connectivity index is 2.04. The molecule has 0 atom stereocenters. The number of aromatic nitrogens is 3. The maximum Gasteiger partial charge on any atom is 0.223 e. The quantitative estimate of drug-likeness (QED) is 0.764. The maximum atomic E-state index is 5.65. The number of aryl methyl sites for hydroxylation is 1. The summed E-state index contributed by atoms with van der Waals surface area (Å²) in [6, 6.07) is 1.83. The van der Waals surface area contributed by atoms with Gasteiger partial charge >= 0.3 is 0 Å². The van der Waals surface area contributed by atoms with Crippen molar-refractivity contribution in [1.82, 2.24) is 15.0 Å². The monoisotopic (exact) mass is 264 g/mol. The summed E-state index contributed by atoms with van der Waals surface area (Å²) in [6.07, 6.45) is 1.86. The van der Waals surface area contributed by atoms with Crippen molar-refractivity contribution in [2.45, 2.75) is 20.4 Å². The van der Waals surface area contributed by atoms with Crippen LogP contribution in [0.15, 0.2) is 12.3 Å². The summed E-state index contributed by atoms with van der Waals surface area (Å²) in [5, 5.41) is 7.32. The predicted octanol–water partition coefficient (Wildman–Crippen LogP) is 1.87. The first-order valence-electron chi connectivity index (χ1n) is 5.71. The second-order valence-electron chi connectivity index (χ2n) is 3.75. The summed E-state index contributed by atoms with van der Waals surface area (Å²) in [6.45, 7) is 5.47. The molecule has 0 saturated carbocycles. The highest BCUT2D eigenvalue weighted by Crippen LogP contribution is 2.15. The molecule has 6 nitrogen and oxygen atoms in total. The molecule has 96 valence electrons. The Morgan fingerprint density at radius 1 is 1.28 bits per heavy atom. The average molecular weight is 264 g/mol. The van der Waals surface area contributed by atoms with E-state index in [1.165, 1.54) is 4.88 Å². The van der Waals surface area contributed by atoms with Crippen molar-refractivity contribution in [3.8, 4) is 0 Å². The van der Waals surface area contributed by atoms with Crippen LogP contribution >= 0.6 is 11.3 Å². The molecule has 0 unspecified atom stereocenters. The van der Waals surface area contributed by atoms with Gasteiger partial charge in [0.05, 0.1) is 6.54 Å². The summed E-state index contributed by atoms with van der Waals surface area (Å²) in [7, 11) is 0. The van der Waals surface area contributed by atoms with Gasteiger partial charge in [0.2, 0.25) is 5.95 Å². The summed E-state index contributed by atoms with van der Waals surface area (Å²) >= 11 is 1.66. The number of thiazole rings is 1. The number of nitrogens with two attached hydrogens (primary N) is 1. The lowest BCUT2D eigenvalue weighted by Gasteiger charge is -2.07. The van der Waals surface area contributed by atoms with Gasteiger partial charge in [-0.25, -0.2) is 4.98 Å². The van der Waals surface area contributed by atoms with Crippen LogP contribution in [0.2, 0.25) is 0 Å². The lowest BCUT2D eigenvalue weighted by molar-refractivity contribution is 1.06. The second kappa shape index (κ2) is 5.63. The number of nitrogens with zero attached hydrogens (tertiary/aromatic N) is 3. The maximum absolute atomic E-state index is 5.65. The first-order valence-corrected chi connectivity index (χ1v) is 6.52. The molecular weight excluding hydrogens is 248 g/mol. The molecular formula is C11H16N6S. The number of rotatable bonds is 5. The largest absolute Gasteiger partial charge is 0.370 e. The smallest absolute Gasteiger partial charge is 0.223 e. The van der Waals surface area contributed by atoms with Gasteiger partial charge in [0.15, 0.2) is 0 Å². The van der Waals surface area contributed by atoms with Crippen LogP contribution in [0.1, 0.15) is 16.8 Å². The van der Waals surface area contributed by atoms with E-state index in [4.69, 9.17) is 5.73 Å². The Hall–Kier alpha value is -1.89. The van der Waals surface area contributed by atoms with Crippen LogP contribution in [0.4, 0.5) is 17.6 Å². The highest BCUT2D eigenvalue weighted by molar-refractivity contribution is 7.11. The first-order chi connectivity index (χ1) is 8.67. The molecule has 0 aliphatic rings. The molecule has 2 rings (SSSR count). The Morgan fingerprint density at radius 2 is 2.00 bits per heavy atom. The SMILES string of the molecule is CCNc1cc(NCc2ncc(C)s2)nc(N)n1. The van der Waals surface area contributed by atoms with Gasteiger partial charge in [-0.1, -0.05) is 0 Å². The zero-order valence-corrected chi connectivity index (χ0v) is 11.2. The van der Waals surface area contributed by atoms with E-state index in [-0.39, 0.29) is 5.95 Å². The minimum absolute atomic E-state index is 0.256. The fourth-order valence-electron chi connectivity index (χ4n) is 1.48. The second-order valence-corrected chi connectivity index (χ2v) is 5.06. The number of hydrogen-bond donors (Lipinski definition) is 3. The van der Waals surface area contributed by atoms with E-state index >= 15 is 0 Å². The fraction of sp³-hybridized carbons (Fsp3) is 0.364. The molecule has 2 aromatic rings. The van der Waals surface area contributed by atoms with Crippen molar-refractivity contribution in [3.05, 3.63) is 22.1 Å². The normalized spacial score (nSPS) is 10.3. The van der Waals surface area contributed by atoms with Crippen LogP contribution in [0.3, 0.4) is 0 Å². The van der Waals surface area contributed by atoms with Gasteiger partial charge in [0.25, 0.3) is 0 Å². The highest BCUT2D eigenvalue weighted by atomic mass is 32.1. The Kier molecular flexibility index (Phi) is 3.93. The number of hydrogen-bond acceptors (Lipinski definition) is 7.